The predicted molar refractivity (Wildman–Crippen MR) is 96.6 cm³/mol. The van der Waals surface area contributed by atoms with Crippen LogP contribution in [-0.2, 0) is 9.53 Å². The summed E-state index contributed by atoms with van der Waals surface area (Å²) < 4.78 is 15.7. The Labute approximate surface area is 154 Å². The van der Waals surface area contributed by atoms with Gasteiger partial charge in [0.05, 0.1) is 24.3 Å². The first-order valence-corrected chi connectivity index (χ1v) is 7.98. The molecule has 128 valence electrons. The minimum absolute atomic E-state index is 0.133. The summed E-state index contributed by atoms with van der Waals surface area (Å²) in [5, 5.41) is 0.741. The number of carbonyl (C=O) groups excluding carboxylic acids is 1. The summed E-state index contributed by atoms with van der Waals surface area (Å²) in [4.78, 5) is 16.3. The number of cyclic esters (lactones) is 1. The van der Waals surface area contributed by atoms with E-state index in [1.54, 1.807) is 43.5 Å². The number of hydrogen-bond acceptors (Lipinski definition) is 5. The topological polar surface area (TPSA) is 57.1 Å². The first-order valence-electron chi connectivity index (χ1n) is 7.22. The summed E-state index contributed by atoms with van der Waals surface area (Å²) in [6, 6.07) is 10.2. The molecular formula is C18H13Cl2NO4. The van der Waals surface area contributed by atoms with E-state index in [4.69, 9.17) is 37.4 Å². The van der Waals surface area contributed by atoms with Gasteiger partial charge in [-0.1, -0.05) is 35.3 Å². The lowest BCUT2D eigenvalue weighted by molar-refractivity contribution is -0.129. The molecule has 0 bridgehead atoms. The molecular weight excluding hydrogens is 365 g/mol. The molecule has 0 unspecified atom stereocenters. The van der Waals surface area contributed by atoms with Crippen LogP contribution < -0.4 is 9.47 Å². The van der Waals surface area contributed by atoms with Crippen molar-refractivity contribution in [3.05, 3.63) is 63.3 Å². The highest BCUT2D eigenvalue weighted by Gasteiger charge is 2.25. The average molecular weight is 378 g/mol. The molecule has 25 heavy (non-hydrogen) atoms. The summed E-state index contributed by atoms with van der Waals surface area (Å²) in [7, 11) is 3.07. The van der Waals surface area contributed by atoms with E-state index in [2.05, 4.69) is 4.99 Å². The van der Waals surface area contributed by atoms with Gasteiger partial charge in [-0.25, -0.2) is 9.79 Å². The predicted octanol–water partition coefficient (Wildman–Crippen LogP) is 4.36. The normalized spacial score (nSPS) is 15.1. The number of carbonyl (C=O) groups is 1. The minimum atomic E-state index is -0.569. The van der Waals surface area contributed by atoms with Crippen LogP contribution in [0.3, 0.4) is 0 Å². The molecule has 0 fully saturated rings. The fraction of sp³-hybridized carbons (Fsp3) is 0.111. The lowest BCUT2D eigenvalue weighted by Crippen LogP contribution is -2.06. The van der Waals surface area contributed by atoms with Crippen LogP contribution in [0.2, 0.25) is 10.0 Å². The van der Waals surface area contributed by atoms with Gasteiger partial charge in [-0.15, -0.1) is 0 Å². The lowest BCUT2D eigenvalue weighted by atomic mass is 10.2. The molecule has 0 radical (unpaired) electrons. The Kier molecular flexibility index (Phi) is 4.97. The second kappa shape index (κ2) is 7.17. The molecule has 0 saturated carbocycles. The molecule has 5 nitrogen and oxygen atoms in total. The number of nitrogens with zero attached hydrogens (tertiary/aromatic N) is 1. The summed E-state index contributed by atoms with van der Waals surface area (Å²) in [5.74, 6) is 0.683. The Morgan fingerprint density at radius 1 is 1.08 bits per heavy atom. The Bertz CT molecular complexity index is 906. The van der Waals surface area contributed by atoms with Crippen molar-refractivity contribution in [3.8, 4) is 11.5 Å². The Morgan fingerprint density at radius 2 is 1.84 bits per heavy atom. The maximum Gasteiger partial charge on any atom is 0.363 e. The van der Waals surface area contributed by atoms with E-state index in [9.17, 15) is 4.79 Å². The van der Waals surface area contributed by atoms with Gasteiger partial charge in [-0.2, -0.15) is 0 Å². The van der Waals surface area contributed by atoms with Crippen LogP contribution in [0.5, 0.6) is 11.5 Å². The van der Waals surface area contributed by atoms with Gasteiger partial charge in [-0.05, 0) is 35.9 Å². The molecule has 0 amide bonds. The number of ether oxygens (including phenoxy) is 3. The molecule has 3 rings (SSSR count). The zero-order valence-electron chi connectivity index (χ0n) is 13.4. The SMILES string of the molecule is COc1ccc(C2=NC(=Cc3cccc(Cl)c3Cl)C(=O)O2)cc1OC. The molecule has 0 N–H and O–H groups in total. The van der Waals surface area contributed by atoms with E-state index in [0.717, 1.165) is 0 Å². The van der Waals surface area contributed by atoms with Gasteiger partial charge >= 0.3 is 5.97 Å². The van der Waals surface area contributed by atoms with Crippen LogP contribution in [0, 0.1) is 0 Å². The molecule has 0 atom stereocenters. The fourth-order valence-electron chi connectivity index (χ4n) is 2.28. The van der Waals surface area contributed by atoms with Crippen LogP contribution in [-0.4, -0.2) is 26.1 Å². The van der Waals surface area contributed by atoms with Crippen molar-refractivity contribution in [2.24, 2.45) is 4.99 Å². The molecule has 7 heteroatoms. The first-order chi connectivity index (χ1) is 12.0. The number of benzene rings is 2. The zero-order chi connectivity index (χ0) is 18.0. The molecule has 1 heterocycles. The quantitative estimate of drug-likeness (QED) is 0.586. The highest BCUT2D eigenvalue weighted by Crippen LogP contribution is 2.31. The van der Waals surface area contributed by atoms with Gasteiger partial charge in [0.25, 0.3) is 0 Å². The smallest absolute Gasteiger partial charge is 0.363 e. The molecule has 0 aromatic heterocycles. The largest absolute Gasteiger partial charge is 0.493 e. The monoisotopic (exact) mass is 377 g/mol. The van der Waals surface area contributed by atoms with Crippen molar-refractivity contribution >= 4 is 41.1 Å². The van der Waals surface area contributed by atoms with Gasteiger partial charge in [0.1, 0.15) is 0 Å². The standard InChI is InChI=1S/C18H13Cl2NO4/c1-23-14-7-6-11(9-15(14)24-2)17-21-13(18(22)25-17)8-10-4-3-5-12(19)16(10)20/h3-9H,1-2H3. The van der Waals surface area contributed by atoms with E-state index in [-0.39, 0.29) is 11.6 Å². The van der Waals surface area contributed by atoms with Gasteiger partial charge in [-0.3, -0.25) is 0 Å². The van der Waals surface area contributed by atoms with Gasteiger partial charge in [0.15, 0.2) is 17.2 Å². The van der Waals surface area contributed by atoms with E-state index in [1.807, 2.05) is 0 Å². The Morgan fingerprint density at radius 3 is 2.56 bits per heavy atom. The van der Waals surface area contributed by atoms with E-state index < -0.39 is 5.97 Å². The van der Waals surface area contributed by atoms with Crippen LogP contribution in [0.15, 0.2) is 47.1 Å². The van der Waals surface area contributed by atoms with Crippen molar-refractivity contribution in [2.75, 3.05) is 14.2 Å². The second-order valence-corrected chi connectivity index (χ2v) is 5.83. The van der Waals surface area contributed by atoms with Gasteiger partial charge < -0.3 is 14.2 Å². The van der Waals surface area contributed by atoms with Crippen molar-refractivity contribution in [3.63, 3.8) is 0 Å². The van der Waals surface area contributed by atoms with Crippen molar-refractivity contribution < 1.29 is 19.0 Å². The second-order valence-electron chi connectivity index (χ2n) is 5.05. The number of rotatable bonds is 4. The van der Waals surface area contributed by atoms with Crippen molar-refractivity contribution in [1.82, 2.24) is 0 Å². The summed E-state index contributed by atoms with van der Waals surface area (Å²) >= 11 is 12.1. The number of aliphatic imine (C=N–C) groups is 1. The van der Waals surface area contributed by atoms with Crippen molar-refractivity contribution in [1.29, 1.82) is 0 Å². The first kappa shape index (κ1) is 17.3. The zero-order valence-corrected chi connectivity index (χ0v) is 14.9. The van der Waals surface area contributed by atoms with E-state index in [1.165, 1.54) is 13.2 Å². The molecule has 2 aromatic rings. The van der Waals surface area contributed by atoms with Crippen LogP contribution in [0.1, 0.15) is 11.1 Å². The third-order valence-electron chi connectivity index (χ3n) is 3.52. The highest BCUT2D eigenvalue weighted by molar-refractivity contribution is 6.43. The highest BCUT2D eigenvalue weighted by atomic mass is 35.5. The molecule has 0 spiro atoms. The van der Waals surface area contributed by atoms with Crippen LogP contribution in [0.25, 0.3) is 6.08 Å². The third kappa shape index (κ3) is 3.48. The average Bonchev–Trinajstić information content (AvgIpc) is 2.99. The number of halogens is 2. The van der Waals surface area contributed by atoms with Gasteiger partial charge in [0.2, 0.25) is 5.90 Å². The summed E-state index contributed by atoms with van der Waals surface area (Å²) in [6.45, 7) is 0. The van der Waals surface area contributed by atoms with E-state index in [0.29, 0.717) is 32.7 Å². The number of esters is 1. The number of hydrogen-bond donors (Lipinski definition) is 0. The minimum Gasteiger partial charge on any atom is -0.493 e. The van der Waals surface area contributed by atoms with Crippen molar-refractivity contribution in [2.45, 2.75) is 0 Å². The maximum absolute atomic E-state index is 12.1. The molecule has 0 aliphatic carbocycles. The summed E-state index contributed by atoms with van der Waals surface area (Å²) in [5.41, 5.74) is 1.30. The Balaban J connectivity index is 1.98. The molecule has 2 aromatic carbocycles. The maximum atomic E-state index is 12.1. The fourth-order valence-corrected chi connectivity index (χ4v) is 2.64. The lowest BCUT2D eigenvalue weighted by Gasteiger charge is -2.08. The Hall–Kier alpha value is -2.50. The van der Waals surface area contributed by atoms with E-state index >= 15 is 0 Å². The van der Waals surface area contributed by atoms with Gasteiger partial charge in [0, 0.05) is 5.56 Å². The molecule has 1 aliphatic heterocycles. The third-order valence-corrected chi connectivity index (χ3v) is 4.36. The van der Waals surface area contributed by atoms with Crippen LogP contribution in [0.4, 0.5) is 0 Å². The molecule has 1 aliphatic rings. The number of methoxy groups -OCH3 is 2. The van der Waals surface area contributed by atoms with Crippen LogP contribution >= 0.6 is 23.2 Å². The molecule has 0 saturated heterocycles. The summed E-state index contributed by atoms with van der Waals surface area (Å²) in [6.07, 6.45) is 1.53.